The lowest BCUT2D eigenvalue weighted by molar-refractivity contribution is -0.117. The van der Waals surface area contributed by atoms with Gasteiger partial charge in [-0.15, -0.1) is 0 Å². The molecular weight excluding hydrogens is 530 g/mol. The number of para-hydroxylation sites is 1. The van der Waals surface area contributed by atoms with E-state index in [0.29, 0.717) is 5.75 Å². The average Bonchev–Trinajstić information content (AvgIpc) is 3.35. The number of nitrogens with zero attached hydrogens (tertiary/aromatic N) is 4. The minimum atomic E-state index is -4.15. The fraction of sp³-hybridized carbons (Fsp3) is 0.240. The highest BCUT2D eigenvalue weighted by Gasteiger charge is 2.41. The van der Waals surface area contributed by atoms with Crippen LogP contribution in [0, 0.1) is 6.92 Å². The normalized spacial score (nSPS) is 14.5. The van der Waals surface area contributed by atoms with Crippen LogP contribution >= 0.6 is 0 Å². The molecule has 1 unspecified atom stereocenters. The van der Waals surface area contributed by atoms with Crippen molar-refractivity contribution in [2.75, 3.05) is 33.7 Å². The van der Waals surface area contributed by atoms with Gasteiger partial charge in [0.05, 0.1) is 39.0 Å². The van der Waals surface area contributed by atoms with E-state index in [0.717, 1.165) is 35.0 Å². The van der Waals surface area contributed by atoms with Gasteiger partial charge in [-0.3, -0.25) is 9.10 Å². The zero-order chi connectivity index (χ0) is 28.5. The van der Waals surface area contributed by atoms with Gasteiger partial charge in [0.25, 0.3) is 15.9 Å². The third-order valence-electron chi connectivity index (χ3n) is 6.00. The number of carbonyl (C=O) groups is 3. The van der Waals surface area contributed by atoms with E-state index in [1.807, 2.05) is 6.92 Å². The molecular formula is C25H25N5O8S. The van der Waals surface area contributed by atoms with Gasteiger partial charge in [0, 0.05) is 7.05 Å². The summed E-state index contributed by atoms with van der Waals surface area (Å²) in [5.41, 5.74) is 0.301. The van der Waals surface area contributed by atoms with Crippen LogP contribution in [0.1, 0.15) is 32.6 Å². The van der Waals surface area contributed by atoms with E-state index >= 15 is 0 Å². The highest BCUT2D eigenvalue weighted by atomic mass is 32.2. The van der Waals surface area contributed by atoms with Gasteiger partial charge in [0.1, 0.15) is 10.6 Å². The quantitative estimate of drug-likeness (QED) is 0.432. The molecule has 1 aliphatic heterocycles. The molecule has 14 heteroatoms. The first-order valence-electron chi connectivity index (χ1n) is 11.4. The van der Waals surface area contributed by atoms with Crippen molar-refractivity contribution in [3.63, 3.8) is 0 Å². The number of sulfonamides is 1. The molecule has 1 aliphatic rings. The summed E-state index contributed by atoms with van der Waals surface area (Å²) >= 11 is 0. The Morgan fingerprint density at radius 2 is 1.69 bits per heavy atom. The molecule has 0 bridgehead atoms. The van der Waals surface area contributed by atoms with E-state index in [1.165, 1.54) is 26.3 Å². The predicted octanol–water partition coefficient (Wildman–Crippen LogP) is 2.32. The van der Waals surface area contributed by atoms with Crippen molar-refractivity contribution in [2.24, 2.45) is 4.99 Å². The summed E-state index contributed by atoms with van der Waals surface area (Å²) in [5.74, 6) is -2.72. The van der Waals surface area contributed by atoms with Crippen molar-refractivity contribution in [3.8, 4) is 5.75 Å². The number of methoxy groups -OCH3 is 3. The number of aryl methyl sites for hydroxylation is 1. The number of esters is 2. The summed E-state index contributed by atoms with van der Waals surface area (Å²) in [7, 11) is 0.687. The van der Waals surface area contributed by atoms with Crippen LogP contribution in [-0.2, 0) is 24.3 Å². The number of amides is 1. The van der Waals surface area contributed by atoms with Crippen LogP contribution in [0.25, 0.3) is 0 Å². The lowest BCUT2D eigenvalue weighted by Gasteiger charge is -2.31. The fourth-order valence-corrected chi connectivity index (χ4v) is 5.37. The molecule has 2 aromatic carbocycles. The molecule has 3 aromatic rings. The van der Waals surface area contributed by atoms with Crippen molar-refractivity contribution in [1.29, 1.82) is 0 Å². The summed E-state index contributed by atoms with van der Waals surface area (Å²) < 4.78 is 43.6. The summed E-state index contributed by atoms with van der Waals surface area (Å²) in [4.78, 5) is 47.6. The number of aromatic nitrogens is 2. The number of likely N-dealkylation sites (N-methyl/N-ethyl adjacent to an activating group) is 1. The molecule has 1 N–H and O–H groups in total. The van der Waals surface area contributed by atoms with Gasteiger partial charge >= 0.3 is 11.9 Å². The van der Waals surface area contributed by atoms with E-state index in [-0.39, 0.29) is 22.1 Å². The number of carbonyl (C=O) groups excluding carboxylic acids is 3. The van der Waals surface area contributed by atoms with E-state index in [2.05, 4.69) is 15.3 Å². The van der Waals surface area contributed by atoms with Gasteiger partial charge < -0.3 is 24.1 Å². The Kier molecular flexibility index (Phi) is 7.40. The van der Waals surface area contributed by atoms with Crippen molar-refractivity contribution in [2.45, 2.75) is 17.9 Å². The van der Waals surface area contributed by atoms with Crippen molar-refractivity contribution < 1.29 is 37.0 Å². The number of amidine groups is 1. The van der Waals surface area contributed by atoms with Crippen LogP contribution in [-0.4, -0.2) is 74.3 Å². The molecule has 1 atom stereocenters. The topological polar surface area (TPSA) is 158 Å². The van der Waals surface area contributed by atoms with Gasteiger partial charge in [0.15, 0.2) is 23.3 Å². The first kappa shape index (κ1) is 27.3. The summed E-state index contributed by atoms with van der Waals surface area (Å²) in [6.07, 6.45) is 1.04. The zero-order valence-electron chi connectivity index (χ0n) is 21.7. The number of benzene rings is 2. The predicted molar refractivity (Wildman–Crippen MR) is 139 cm³/mol. The molecule has 0 spiro atoms. The molecule has 0 fully saturated rings. The van der Waals surface area contributed by atoms with Crippen LogP contribution < -0.4 is 10.1 Å². The first-order chi connectivity index (χ1) is 18.5. The van der Waals surface area contributed by atoms with Gasteiger partial charge in [-0.25, -0.2) is 28.0 Å². The second kappa shape index (κ2) is 10.6. The molecule has 1 amide bonds. The zero-order valence-corrected chi connectivity index (χ0v) is 22.5. The molecule has 0 saturated carbocycles. The lowest BCUT2D eigenvalue weighted by Crippen LogP contribution is -2.45. The monoisotopic (exact) mass is 555 g/mol. The Balaban J connectivity index is 1.97. The molecule has 39 heavy (non-hydrogen) atoms. The lowest BCUT2D eigenvalue weighted by atomic mass is 10.1. The number of rotatable bonds is 7. The molecule has 204 valence electrons. The number of aliphatic imine (C=N–C) groups is 1. The van der Waals surface area contributed by atoms with Gasteiger partial charge in [-0.2, -0.15) is 0 Å². The number of fused-ring (bicyclic) bond motifs is 1. The summed E-state index contributed by atoms with van der Waals surface area (Å²) in [6.45, 7) is 1.81. The fourth-order valence-electron chi connectivity index (χ4n) is 4.06. The number of hydrogen-bond donors (Lipinski definition) is 1. The summed E-state index contributed by atoms with van der Waals surface area (Å²) in [5, 5.41) is 2.72. The second-order valence-electron chi connectivity index (χ2n) is 8.34. The van der Waals surface area contributed by atoms with Crippen molar-refractivity contribution in [3.05, 3.63) is 65.7 Å². The smallest absolute Gasteiger partial charge is 0.359 e. The van der Waals surface area contributed by atoms with Gasteiger partial charge in [-0.05, 0) is 36.8 Å². The summed E-state index contributed by atoms with van der Waals surface area (Å²) in [6, 6.07) is 9.48. The Morgan fingerprint density at radius 1 is 1.00 bits per heavy atom. The van der Waals surface area contributed by atoms with E-state index < -0.39 is 45.3 Å². The minimum Gasteiger partial charge on any atom is -0.495 e. The van der Waals surface area contributed by atoms with Crippen LogP contribution in [0.4, 0.5) is 11.4 Å². The Labute approximate surface area is 224 Å². The van der Waals surface area contributed by atoms with Crippen molar-refractivity contribution in [1.82, 2.24) is 13.9 Å². The van der Waals surface area contributed by atoms with E-state index in [1.54, 1.807) is 30.3 Å². The van der Waals surface area contributed by atoms with Crippen LogP contribution in [0.15, 0.2) is 58.7 Å². The Morgan fingerprint density at radius 3 is 2.36 bits per heavy atom. The Bertz CT molecular complexity index is 1610. The van der Waals surface area contributed by atoms with E-state index in [4.69, 9.17) is 14.2 Å². The minimum absolute atomic E-state index is 0.0650. The molecule has 0 radical (unpaired) electrons. The maximum Gasteiger partial charge on any atom is 0.359 e. The number of imidazole rings is 1. The molecule has 13 nitrogen and oxygen atoms in total. The highest BCUT2D eigenvalue weighted by molar-refractivity contribution is 7.90. The largest absolute Gasteiger partial charge is 0.495 e. The van der Waals surface area contributed by atoms with E-state index in [9.17, 15) is 22.8 Å². The van der Waals surface area contributed by atoms with Gasteiger partial charge in [0.2, 0.25) is 0 Å². The number of nitrogens with one attached hydrogen (secondary N) is 1. The average molecular weight is 556 g/mol. The first-order valence-corrected chi connectivity index (χ1v) is 12.8. The highest BCUT2D eigenvalue weighted by Crippen LogP contribution is 2.35. The van der Waals surface area contributed by atoms with Crippen LogP contribution in [0.3, 0.4) is 0 Å². The molecule has 0 aliphatic carbocycles. The number of anilines is 1. The third-order valence-corrected chi connectivity index (χ3v) is 7.81. The maximum atomic E-state index is 14.0. The van der Waals surface area contributed by atoms with Crippen molar-refractivity contribution >= 4 is 45.1 Å². The maximum absolute atomic E-state index is 14.0. The Hall–Kier alpha value is -4.72. The molecule has 2 heterocycles. The number of ether oxygens (including phenoxy) is 3. The SMILES string of the molecule is COC(=O)c1ncn(C(C(=O)Nc2cc(C)ccc2OC)C2=Nc3ccccc3S(=O)(=O)N2C)c1C(=O)OC. The standard InChI is InChI=1S/C25H25N5O8S/c1-14-10-11-17(36-3)16(12-14)28-23(31)21(30-13-26-19(24(32)37-4)20(30)25(33)38-5)22-27-15-8-6-7-9-18(15)39(34,35)29(22)2/h6-13,21H,1-5H3,(H,28,31). The number of hydrogen-bond acceptors (Lipinski definition) is 10. The van der Waals surface area contributed by atoms with Gasteiger partial charge in [-0.1, -0.05) is 18.2 Å². The van der Waals surface area contributed by atoms with Crippen LogP contribution in [0.5, 0.6) is 5.75 Å². The second-order valence-corrected chi connectivity index (χ2v) is 10.3. The molecule has 4 rings (SSSR count). The molecule has 0 saturated heterocycles. The third kappa shape index (κ3) is 4.81. The molecule has 1 aromatic heterocycles. The van der Waals surface area contributed by atoms with Crippen LogP contribution in [0.2, 0.25) is 0 Å².